The summed E-state index contributed by atoms with van der Waals surface area (Å²) in [5.74, 6) is -0.860. The monoisotopic (exact) mass is 393 g/mol. The van der Waals surface area contributed by atoms with Crippen LogP contribution in [0.25, 0.3) is 0 Å². The van der Waals surface area contributed by atoms with Gasteiger partial charge in [0, 0.05) is 30.3 Å². The molecule has 0 aromatic heterocycles. The Kier molecular flexibility index (Phi) is 5.18. The van der Waals surface area contributed by atoms with E-state index in [4.69, 9.17) is 11.1 Å². The van der Waals surface area contributed by atoms with Crippen LogP contribution in [0.1, 0.15) is 59.2 Å². The molecule has 29 heavy (non-hydrogen) atoms. The number of hydrogen-bond acceptors (Lipinski definition) is 4. The van der Waals surface area contributed by atoms with Crippen molar-refractivity contribution in [2.75, 3.05) is 5.73 Å². The summed E-state index contributed by atoms with van der Waals surface area (Å²) in [4.78, 5) is 27.4. The molecule has 0 radical (unpaired) electrons. The molecule has 0 unspecified atom stereocenters. The lowest BCUT2D eigenvalue weighted by atomic mass is 9.83. The van der Waals surface area contributed by atoms with Crippen LogP contribution in [-0.4, -0.2) is 22.3 Å². The maximum Gasteiger partial charge on any atom is 0.256 e. The number of nitrogens with zero attached hydrogens (tertiary/aromatic N) is 1. The number of rotatable bonds is 4. The molecule has 0 saturated heterocycles. The predicted molar refractivity (Wildman–Crippen MR) is 109 cm³/mol. The van der Waals surface area contributed by atoms with Crippen LogP contribution in [0.4, 0.5) is 10.1 Å². The summed E-state index contributed by atoms with van der Waals surface area (Å²) in [5, 5.41) is 8.36. The number of fused-ring (bicyclic) bond motifs is 1. The lowest BCUT2D eigenvalue weighted by Crippen LogP contribution is -2.28. The summed E-state index contributed by atoms with van der Waals surface area (Å²) in [5.41, 5.74) is 8.68. The normalized spacial score (nSPS) is 16.5. The minimum Gasteiger partial charge on any atom is -0.398 e. The first-order chi connectivity index (χ1) is 13.9. The molecular weight excluding hydrogens is 369 g/mol. The third kappa shape index (κ3) is 3.79. The van der Waals surface area contributed by atoms with Gasteiger partial charge in [0.2, 0.25) is 0 Å². The maximum atomic E-state index is 13.5. The SMILES string of the molecule is N=C(C(=O)C1CCCCC1)c1ccc(N)c(C(=O)N2Cc3ccc(F)cc3C2)c1. The Bertz CT molecular complexity index is 996. The number of hydrogen-bond donors (Lipinski definition) is 2. The van der Waals surface area contributed by atoms with Gasteiger partial charge in [0.15, 0.2) is 5.78 Å². The summed E-state index contributed by atoms with van der Waals surface area (Å²) in [6, 6.07) is 9.28. The average molecular weight is 393 g/mol. The second-order valence-corrected chi connectivity index (χ2v) is 7.95. The molecule has 0 atom stereocenters. The van der Waals surface area contributed by atoms with E-state index in [-0.39, 0.29) is 34.7 Å². The quantitative estimate of drug-likeness (QED) is 0.606. The zero-order chi connectivity index (χ0) is 20.5. The first-order valence-corrected chi connectivity index (χ1v) is 10.0. The molecule has 1 aliphatic carbocycles. The highest BCUT2D eigenvalue weighted by Crippen LogP contribution is 2.28. The van der Waals surface area contributed by atoms with E-state index in [1.165, 1.54) is 12.1 Å². The fourth-order valence-corrected chi connectivity index (χ4v) is 4.29. The molecule has 0 bridgehead atoms. The summed E-state index contributed by atoms with van der Waals surface area (Å²) in [7, 11) is 0. The van der Waals surface area contributed by atoms with Gasteiger partial charge in [0.05, 0.1) is 5.56 Å². The summed E-state index contributed by atoms with van der Waals surface area (Å²) >= 11 is 0. The zero-order valence-electron chi connectivity index (χ0n) is 16.2. The van der Waals surface area contributed by atoms with Gasteiger partial charge in [-0.2, -0.15) is 0 Å². The number of nitrogen functional groups attached to an aromatic ring is 1. The van der Waals surface area contributed by atoms with Crippen LogP contribution in [0.15, 0.2) is 36.4 Å². The molecule has 1 fully saturated rings. The van der Waals surface area contributed by atoms with Crippen LogP contribution in [0.2, 0.25) is 0 Å². The minimum atomic E-state index is -0.325. The molecule has 2 aromatic carbocycles. The summed E-state index contributed by atoms with van der Waals surface area (Å²) in [6.07, 6.45) is 4.82. The van der Waals surface area contributed by atoms with Crippen LogP contribution in [0.5, 0.6) is 0 Å². The van der Waals surface area contributed by atoms with Gasteiger partial charge in [0.1, 0.15) is 11.5 Å². The van der Waals surface area contributed by atoms with Gasteiger partial charge >= 0.3 is 0 Å². The molecule has 4 rings (SSSR count). The third-order valence-corrected chi connectivity index (χ3v) is 5.97. The highest BCUT2D eigenvalue weighted by molar-refractivity contribution is 6.45. The van der Waals surface area contributed by atoms with Crippen LogP contribution in [-0.2, 0) is 17.9 Å². The molecule has 5 nitrogen and oxygen atoms in total. The fourth-order valence-electron chi connectivity index (χ4n) is 4.29. The topological polar surface area (TPSA) is 87.2 Å². The van der Waals surface area contributed by atoms with Crippen molar-refractivity contribution in [3.8, 4) is 0 Å². The number of halogens is 1. The van der Waals surface area contributed by atoms with E-state index in [0.29, 0.717) is 24.3 Å². The number of ketones is 1. The van der Waals surface area contributed by atoms with Crippen molar-refractivity contribution in [3.63, 3.8) is 0 Å². The van der Waals surface area contributed by atoms with Gasteiger partial charge in [-0.25, -0.2) is 4.39 Å². The lowest BCUT2D eigenvalue weighted by Gasteiger charge is -2.21. The number of nitrogens with two attached hydrogens (primary N) is 1. The first kappa shape index (κ1) is 19.3. The van der Waals surface area contributed by atoms with E-state index in [1.807, 2.05) is 0 Å². The molecule has 1 saturated carbocycles. The average Bonchev–Trinajstić information content (AvgIpc) is 3.16. The van der Waals surface area contributed by atoms with E-state index in [1.54, 1.807) is 29.2 Å². The largest absolute Gasteiger partial charge is 0.398 e. The van der Waals surface area contributed by atoms with Gasteiger partial charge in [-0.15, -0.1) is 0 Å². The third-order valence-electron chi connectivity index (χ3n) is 5.97. The smallest absolute Gasteiger partial charge is 0.256 e. The van der Waals surface area contributed by atoms with E-state index in [0.717, 1.165) is 43.2 Å². The molecular formula is C23H24FN3O2. The molecule has 2 aromatic rings. The van der Waals surface area contributed by atoms with E-state index in [9.17, 15) is 14.0 Å². The van der Waals surface area contributed by atoms with Crippen molar-refractivity contribution in [1.29, 1.82) is 5.41 Å². The zero-order valence-corrected chi connectivity index (χ0v) is 16.2. The van der Waals surface area contributed by atoms with Gasteiger partial charge < -0.3 is 10.6 Å². The summed E-state index contributed by atoms with van der Waals surface area (Å²) < 4.78 is 13.5. The standard InChI is InChI=1S/C23H24FN3O2/c24-18-8-6-16-12-27(13-17(16)10-18)23(29)19-11-15(7-9-20(19)25)21(26)22(28)14-4-2-1-3-5-14/h6-11,14,26H,1-5,12-13,25H2. The molecule has 6 heteroatoms. The number of carbonyl (C=O) groups excluding carboxylic acids is 2. The van der Waals surface area contributed by atoms with Crippen LogP contribution in [0, 0.1) is 17.1 Å². The van der Waals surface area contributed by atoms with Crippen molar-refractivity contribution in [1.82, 2.24) is 4.90 Å². The molecule has 0 spiro atoms. The molecule has 3 N–H and O–H groups in total. The van der Waals surface area contributed by atoms with Crippen molar-refractivity contribution < 1.29 is 14.0 Å². The van der Waals surface area contributed by atoms with Gasteiger partial charge in [-0.1, -0.05) is 31.4 Å². The molecule has 150 valence electrons. The van der Waals surface area contributed by atoms with E-state index in [2.05, 4.69) is 0 Å². The Balaban J connectivity index is 1.55. The van der Waals surface area contributed by atoms with Crippen molar-refractivity contribution in [2.24, 2.45) is 5.92 Å². The number of anilines is 1. The lowest BCUT2D eigenvalue weighted by molar-refractivity contribution is -0.117. The Morgan fingerprint density at radius 1 is 1.00 bits per heavy atom. The highest BCUT2D eigenvalue weighted by atomic mass is 19.1. The Morgan fingerprint density at radius 2 is 1.72 bits per heavy atom. The molecule has 2 aliphatic rings. The fraction of sp³-hybridized carbons (Fsp3) is 0.348. The first-order valence-electron chi connectivity index (χ1n) is 10.0. The summed E-state index contributed by atoms with van der Waals surface area (Å²) in [6.45, 7) is 0.699. The Labute approximate surface area is 169 Å². The number of benzene rings is 2. The van der Waals surface area contributed by atoms with Gasteiger partial charge in [0.25, 0.3) is 5.91 Å². The molecule has 1 heterocycles. The molecule has 1 amide bonds. The minimum absolute atomic E-state index is 0.0577. The number of amides is 1. The van der Waals surface area contributed by atoms with E-state index >= 15 is 0 Å². The second kappa shape index (κ2) is 7.78. The van der Waals surface area contributed by atoms with Crippen molar-refractivity contribution in [2.45, 2.75) is 45.2 Å². The van der Waals surface area contributed by atoms with Crippen molar-refractivity contribution >= 4 is 23.1 Å². The van der Waals surface area contributed by atoms with Crippen molar-refractivity contribution in [3.05, 3.63) is 64.5 Å². The number of nitrogens with one attached hydrogen (secondary N) is 1. The Morgan fingerprint density at radius 3 is 2.48 bits per heavy atom. The Hall–Kier alpha value is -3.02. The maximum absolute atomic E-state index is 13.5. The van der Waals surface area contributed by atoms with Crippen LogP contribution in [0.3, 0.4) is 0 Å². The molecule has 1 aliphatic heterocycles. The van der Waals surface area contributed by atoms with Gasteiger partial charge in [-0.3, -0.25) is 15.0 Å². The van der Waals surface area contributed by atoms with Crippen LogP contribution < -0.4 is 5.73 Å². The second-order valence-electron chi connectivity index (χ2n) is 7.95. The number of carbonyl (C=O) groups is 2. The van der Waals surface area contributed by atoms with Crippen LogP contribution >= 0.6 is 0 Å². The highest BCUT2D eigenvalue weighted by Gasteiger charge is 2.28. The number of Topliss-reactive ketones (excluding diaryl/α,β-unsaturated/α-hetero) is 1. The van der Waals surface area contributed by atoms with E-state index < -0.39 is 0 Å². The predicted octanol–water partition coefficient (Wildman–Crippen LogP) is 4.08. The van der Waals surface area contributed by atoms with Gasteiger partial charge in [-0.05, 0) is 48.2 Å².